The highest BCUT2D eigenvalue weighted by atomic mass is 19.1. The number of nitrogens with zero attached hydrogens (tertiary/aromatic N) is 2. The van der Waals surface area contributed by atoms with Gasteiger partial charge in [0.25, 0.3) is 11.5 Å². The van der Waals surface area contributed by atoms with Gasteiger partial charge in [0, 0.05) is 30.4 Å². The highest BCUT2D eigenvalue weighted by molar-refractivity contribution is 6.00. The molecule has 2 aromatic rings. The van der Waals surface area contributed by atoms with Gasteiger partial charge in [-0.25, -0.2) is 13.8 Å². The number of carbonyl (C=O) groups excluding carboxylic acids is 2. The molecule has 0 bridgehead atoms. The molecule has 1 aromatic heterocycles. The fraction of sp³-hybridized carbons (Fsp3) is 0.429. The van der Waals surface area contributed by atoms with Crippen molar-refractivity contribution in [2.24, 2.45) is 5.41 Å². The Morgan fingerprint density at radius 1 is 1.20 bits per heavy atom. The molecule has 2 fully saturated rings. The maximum Gasteiger partial charge on any atom is 0.270 e. The van der Waals surface area contributed by atoms with Crippen LogP contribution in [0.5, 0.6) is 0 Å². The Bertz CT molecular complexity index is 1050. The number of anilines is 1. The van der Waals surface area contributed by atoms with Crippen LogP contribution in [0.4, 0.5) is 14.5 Å². The van der Waals surface area contributed by atoms with Gasteiger partial charge in [-0.1, -0.05) is 6.42 Å². The van der Waals surface area contributed by atoms with E-state index in [1.165, 1.54) is 4.90 Å². The first-order valence-electron chi connectivity index (χ1n) is 9.93. The first-order valence-corrected chi connectivity index (χ1v) is 9.93. The van der Waals surface area contributed by atoms with Crippen molar-refractivity contribution in [3.8, 4) is 0 Å². The lowest BCUT2D eigenvalue weighted by Crippen LogP contribution is -2.46. The van der Waals surface area contributed by atoms with E-state index in [-0.39, 0.29) is 23.3 Å². The third-order valence-electron chi connectivity index (χ3n) is 5.94. The number of carbonyl (C=O) groups is 2. The van der Waals surface area contributed by atoms with Crippen molar-refractivity contribution in [2.45, 2.75) is 45.1 Å². The summed E-state index contributed by atoms with van der Waals surface area (Å²) in [5.74, 6) is -1.74. The molecule has 158 valence electrons. The van der Waals surface area contributed by atoms with E-state index in [0.29, 0.717) is 38.1 Å². The van der Waals surface area contributed by atoms with E-state index >= 15 is 0 Å². The van der Waals surface area contributed by atoms with Gasteiger partial charge in [0.15, 0.2) is 0 Å². The third kappa shape index (κ3) is 3.83. The number of hydrogen-bond donors (Lipinski definition) is 2. The smallest absolute Gasteiger partial charge is 0.270 e. The average Bonchev–Trinajstić information content (AvgIpc) is 2.96. The molecule has 1 aliphatic heterocycles. The first-order chi connectivity index (χ1) is 14.3. The Hall–Kier alpha value is -3.10. The quantitative estimate of drug-likeness (QED) is 0.804. The predicted octanol–water partition coefficient (Wildman–Crippen LogP) is 2.45. The van der Waals surface area contributed by atoms with Gasteiger partial charge < -0.3 is 15.2 Å². The van der Waals surface area contributed by atoms with E-state index in [1.807, 2.05) is 0 Å². The van der Waals surface area contributed by atoms with E-state index in [0.717, 1.165) is 30.7 Å². The molecule has 2 amide bonds. The standard InChI is InChI=1S/C21H22F2N4O3/c1-12-24-17(10-18(28)25-12)19(29)26-15-3-2-4-21(11-15)5-6-27(20(21)30)16-8-13(22)7-14(23)9-16/h7-10,15H,2-6,11H2,1H3,(H,26,29)(H,24,25,28). The molecule has 7 nitrogen and oxygen atoms in total. The number of amides is 2. The Morgan fingerprint density at radius 2 is 1.93 bits per heavy atom. The highest BCUT2D eigenvalue weighted by Crippen LogP contribution is 2.46. The summed E-state index contributed by atoms with van der Waals surface area (Å²) in [7, 11) is 0. The van der Waals surface area contributed by atoms with Crippen LogP contribution in [0.15, 0.2) is 29.1 Å². The maximum absolute atomic E-state index is 13.6. The number of aromatic nitrogens is 2. The van der Waals surface area contributed by atoms with Gasteiger partial charge in [0.1, 0.15) is 23.2 Å². The van der Waals surface area contributed by atoms with Crippen molar-refractivity contribution in [3.63, 3.8) is 0 Å². The lowest BCUT2D eigenvalue weighted by Gasteiger charge is -2.36. The van der Waals surface area contributed by atoms with Crippen LogP contribution in [0.1, 0.15) is 48.4 Å². The van der Waals surface area contributed by atoms with E-state index < -0.39 is 28.5 Å². The lowest BCUT2D eigenvalue weighted by molar-refractivity contribution is -0.127. The number of nitrogens with one attached hydrogen (secondary N) is 2. The van der Waals surface area contributed by atoms with Crippen LogP contribution in [0.2, 0.25) is 0 Å². The first kappa shape index (κ1) is 20.2. The topological polar surface area (TPSA) is 95.2 Å². The fourth-order valence-electron chi connectivity index (χ4n) is 4.62. The second kappa shape index (κ2) is 7.62. The Labute approximate surface area is 171 Å². The zero-order valence-corrected chi connectivity index (χ0v) is 16.5. The van der Waals surface area contributed by atoms with Crippen LogP contribution in [-0.2, 0) is 4.79 Å². The third-order valence-corrected chi connectivity index (χ3v) is 5.94. The molecule has 4 rings (SSSR count). The number of halogens is 2. The molecule has 0 radical (unpaired) electrons. The van der Waals surface area contributed by atoms with Crippen LogP contribution >= 0.6 is 0 Å². The van der Waals surface area contributed by atoms with Gasteiger partial charge in [-0.2, -0.15) is 0 Å². The van der Waals surface area contributed by atoms with Crippen LogP contribution in [-0.4, -0.2) is 34.4 Å². The maximum atomic E-state index is 13.6. The summed E-state index contributed by atoms with van der Waals surface area (Å²) < 4.78 is 27.2. The number of hydrogen-bond acceptors (Lipinski definition) is 4. The van der Waals surface area contributed by atoms with E-state index in [9.17, 15) is 23.2 Å². The normalized spacial score (nSPS) is 23.8. The molecule has 1 saturated heterocycles. The highest BCUT2D eigenvalue weighted by Gasteiger charge is 2.49. The monoisotopic (exact) mass is 416 g/mol. The van der Waals surface area contributed by atoms with Crippen LogP contribution in [0.3, 0.4) is 0 Å². The fourth-order valence-corrected chi connectivity index (χ4v) is 4.62. The second-order valence-electron chi connectivity index (χ2n) is 8.10. The molecule has 30 heavy (non-hydrogen) atoms. The minimum absolute atomic E-state index is 0.0329. The Kier molecular flexibility index (Phi) is 5.13. The Morgan fingerprint density at radius 3 is 2.63 bits per heavy atom. The van der Waals surface area contributed by atoms with Gasteiger partial charge >= 0.3 is 0 Å². The molecule has 2 atom stereocenters. The summed E-state index contributed by atoms with van der Waals surface area (Å²) in [6.45, 7) is 1.96. The van der Waals surface area contributed by atoms with E-state index in [1.54, 1.807) is 6.92 Å². The molecule has 1 spiro atoms. The van der Waals surface area contributed by atoms with Crippen LogP contribution in [0, 0.1) is 24.0 Å². The summed E-state index contributed by atoms with van der Waals surface area (Å²) in [5, 5.41) is 2.89. The Balaban J connectivity index is 1.50. The van der Waals surface area contributed by atoms with Crippen molar-refractivity contribution in [1.29, 1.82) is 0 Å². The zero-order chi connectivity index (χ0) is 21.5. The van der Waals surface area contributed by atoms with Gasteiger partial charge in [-0.15, -0.1) is 0 Å². The molecular weight excluding hydrogens is 394 g/mol. The largest absolute Gasteiger partial charge is 0.348 e. The number of H-pyrrole nitrogens is 1. The minimum atomic E-state index is -0.729. The van der Waals surface area contributed by atoms with Crippen molar-refractivity contribution in [2.75, 3.05) is 11.4 Å². The summed E-state index contributed by atoms with van der Waals surface area (Å²) >= 11 is 0. The van der Waals surface area contributed by atoms with Gasteiger partial charge in [-0.05, 0) is 44.7 Å². The number of rotatable bonds is 3. The predicted molar refractivity (Wildman–Crippen MR) is 105 cm³/mol. The number of benzene rings is 1. The van der Waals surface area contributed by atoms with Crippen molar-refractivity contribution in [3.05, 3.63) is 57.8 Å². The molecule has 1 saturated carbocycles. The van der Waals surface area contributed by atoms with Gasteiger partial charge in [0.2, 0.25) is 5.91 Å². The minimum Gasteiger partial charge on any atom is -0.348 e. The van der Waals surface area contributed by atoms with E-state index in [2.05, 4.69) is 15.3 Å². The van der Waals surface area contributed by atoms with Crippen molar-refractivity contribution < 1.29 is 18.4 Å². The number of aryl methyl sites for hydroxylation is 1. The van der Waals surface area contributed by atoms with E-state index in [4.69, 9.17) is 0 Å². The molecule has 2 N–H and O–H groups in total. The molecule has 2 heterocycles. The van der Waals surface area contributed by atoms with Gasteiger partial charge in [0.05, 0.1) is 5.41 Å². The molecule has 1 aliphatic carbocycles. The average molecular weight is 416 g/mol. The van der Waals surface area contributed by atoms with Crippen LogP contribution in [0.25, 0.3) is 0 Å². The second-order valence-corrected chi connectivity index (χ2v) is 8.10. The molecule has 1 aromatic carbocycles. The summed E-state index contributed by atoms with van der Waals surface area (Å²) in [5.41, 5.74) is -0.831. The van der Waals surface area contributed by atoms with Crippen LogP contribution < -0.4 is 15.8 Å². The van der Waals surface area contributed by atoms with Gasteiger partial charge in [-0.3, -0.25) is 14.4 Å². The number of aromatic amines is 1. The summed E-state index contributed by atoms with van der Waals surface area (Å²) in [6, 6.07) is 3.98. The summed E-state index contributed by atoms with van der Waals surface area (Å²) in [4.78, 5) is 45.3. The molecule has 2 unspecified atom stereocenters. The lowest BCUT2D eigenvalue weighted by atomic mass is 9.71. The molecule has 2 aliphatic rings. The van der Waals surface area contributed by atoms with Crippen molar-refractivity contribution in [1.82, 2.24) is 15.3 Å². The zero-order valence-electron chi connectivity index (χ0n) is 16.5. The summed E-state index contributed by atoms with van der Waals surface area (Å²) in [6.07, 6.45) is 3.10. The SMILES string of the molecule is Cc1nc(C(=O)NC2CCCC3(CCN(c4cc(F)cc(F)c4)C3=O)C2)cc(=O)[nH]1. The van der Waals surface area contributed by atoms with Crippen molar-refractivity contribution >= 4 is 17.5 Å². The molecular formula is C21H22F2N4O3. The molecule has 9 heteroatoms.